The van der Waals surface area contributed by atoms with Crippen molar-refractivity contribution < 1.29 is 14.7 Å². The Bertz CT molecular complexity index is 182. The van der Waals surface area contributed by atoms with Crippen LogP contribution in [0, 0.1) is 0 Å². The molecule has 0 unspecified atom stereocenters. The van der Waals surface area contributed by atoms with Crippen LogP contribution in [-0.4, -0.2) is 32.3 Å². The largest absolute Gasteiger partial charge is 0.481 e. The molecule has 0 atom stereocenters. The number of carbonyl (C=O) groups is 2. The molecule has 0 aromatic heterocycles. The van der Waals surface area contributed by atoms with Crippen molar-refractivity contribution in [3.05, 3.63) is 0 Å². The van der Waals surface area contributed by atoms with Gasteiger partial charge in [0.25, 0.3) is 0 Å². The topological polar surface area (TPSA) is 66.4 Å². The average Bonchev–Trinajstić information content (AvgIpc) is 1.96. The molecule has 0 spiro atoms. The second-order valence-electron chi connectivity index (χ2n) is 3.46. The van der Waals surface area contributed by atoms with Gasteiger partial charge in [0.05, 0.1) is 0 Å². The molecule has 0 fully saturated rings. The quantitative estimate of drug-likeness (QED) is 0.374. The highest BCUT2D eigenvalue weighted by Gasteiger charge is 2.05. The Hall–Kier alpha value is -0.843. The van der Waals surface area contributed by atoms with Gasteiger partial charge in [-0.1, -0.05) is 19.1 Å². The maximum absolute atomic E-state index is 10.8. The number of amides is 1. The maximum Gasteiger partial charge on any atom is 0.312 e. The molecule has 2 N–H and O–H groups in total. The molecule has 4 nitrogen and oxygen atoms in total. The van der Waals surface area contributed by atoms with E-state index in [0.717, 1.165) is 6.42 Å². The summed E-state index contributed by atoms with van der Waals surface area (Å²) < 4.78 is 0. The van der Waals surface area contributed by atoms with Crippen molar-refractivity contribution in [3.63, 3.8) is 0 Å². The Labute approximate surface area is 79.9 Å². The molecular weight excluding hydrogens is 186 g/mol. The smallest absolute Gasteiger partial charge is 0.312 e. The first-order chi connectivity index (χ1) is 6.02. The zero-order valence-electron chi connectivity index (χ0n) is 8.17. The van der Waals surface area contributed by atoms with E-state index in [-0.39, 0.29) is 0 Å². The van der Waals surface area contributed by atoms with E-state index in [4.69, 9.17) is 5.11 Å². The summed E-state index contributed by atoms with van der Waals surface area (Å²) in [5.41, 5.74) is 0. The van der Waals surface area contributed by atoms with E-state index < -0.39 is 27.1 Å². The minimum atomic E-state index is -1.07. The second-order valence-corrected chi connectivity index (χ2v) is 6.82. The van der Waals surface area contributed by atoms with Gasteiger partial charge in [0.15, 0.2) is 0 Å². The predicted molar refractivity (Wildman–Crippen MR) is 53.6 cm³/mol. The first kappa shape index (κ1) is 12.2. The predicted octanol–water partition coefficient (Wildman–Crippen LogP) is 0.454. The van der Waals surface area contributed by atoms with Crippen LogP contribution < -0.4 is 5.32 Å². The van der Waals surface area contributed by atoms with Crippen molar-refractivity contribution in [3.8, 4) is 0 Å². The number of hydrogen-bond donors (Lipinski definition) is 2. The summed E-state index contributed by atoms with van der Waals surface area (Å²) in [5, 5.41) is 10.8. The van der Waals surface area contributed by atoms with Crippen LogP contribution >= 0.6 is 0 Å². The van der Waals surface area contributed by atoms with Crippen LogP contribution in [0.25, 0.3) is 0 Å². The van der Waals surface area contributed by atoms with Gasteiger partial charge in [0.2, 0.25) is 5.91 Å². The highest BCUT2D eigenvalue weighted by Crippen LogP contribution is 1.95. The number of carboxylic acids is 1. The lowest BCUT2D eigenvalue weighted by Crippen LogP contribution is -2.26. The number of hydrogen-bond acceptors (Lipinski definition) is 2. The van der Waals surface area contributed by atoms with Gasteiger partial charge in [-0.3, -0.25) is 9.59 Å². The number of carbonyl (C=O) groups excluding carboxylic acids is 1. The van der Waals surface area contributed by atoms with E-state index in [9.17, 15) is 9.59 Å². The van der Waals surface area contributed by atoms with E-state index in [1.54, 1.807) is 0 Å². The summed E-state index contributed by atoms with van der Waals surface area (Å²) in [7, 11) is -0.530. The molecule has 0 aromatic rings. The molecule has 76 valence electrons. The average molecular weight is 203 g/mol. The molecule has 0 aliphatic heterocycles. The lowest BCUT2D eigenvalue weighted by molar-refractivity contribution is -0.140. The molecule has 0 aromatic carbocycles. The van der Waals surface area contributed by atoms with Crippen LogP contribution in [0.4, 0.5) is 0 Å². The molecular formula is C8H17NO3Si. The van der Waals surface area contributed by atoms with Crippen LogP contribution in [0.2, 0.25) is 19.1 Å². The normalized spacial score (nSPS) is 10.1. The Morgan fingerprint density at radius 1 is 1.38 bits per heavy atom. The van der Waals surface area contributed by atoms with Crippen LogP contribution in [0.1, 0.15) is 12.8 Å². The molecule has 1 amide bonds. The summed E-state index contributed by atoms with van der Waals surface area (Å²) >= 11 is 0. The summed E-state index contributed by atoms with van der Waals surface area (Å²) in [5.74, 6) is -1.46. The molecule has 0 saturated heterocycles. The molecule has 0 radical (unpaired) electrons. The maximum atomic E-state index is 10.8. The van der Waals surface area contributed by atoms with Crippen molar-refractivity contribution in [2.24, 2.45) is 0 Å². The summed E-state index contributed by atoms with van der Waals surface area (Å²) in [4.78, 5) is 20.9. The first-order valence-corrected chi connectivity index (χ1v) is 7.63. The van der Waals surface area contributed by atoms with Crippen molar-refractivity contribution in [2.45, 2.75) is 32.0 Å². The molecule has 0 saturated carbocycles. The lowest BCUT2D eigenvalue weighted by Gasteiger charge is -2.04. The summed E-state index contributed by atoms with van der Waals surface area (Å²) in [6, 6.07) is 1.19. The Morgan fingerprint density at radius 2 is 2.00 bits per heavy atom. The highest BCUT2D eigenvalue weighted by molar-refractivity contribution is 6.55. The summed E-state index contributed by atoms with van der Waals surface area (Å²) in [6.45, 7) is 5.11. The third-order valence-electron chi connectivity index (χ3n) is 1.59. The van der Waals surface area contributed by atoms with E-state index in [1.807, 2.05) is 0 Å². The van der Waals surface area contributed by atoms with E-state index in [2.05, 4.69) is 18.4 Å². The Balaban J connectivity index is 3.32. The SMILES string of the molecule is C[SiH](C)CCCNC(=O)CC(=O)O. The van der Waals surface area contributed by atoms with Crippen molar-refractivity contribution in [2.75, 3.05) is 6.54 Å². The van der Waals surface area contributed by atoms with Gasteiger partial charge in [-0.25, -0.2) is 0 Å². The molecule has 0 aliphatic rings. The third kappa shape index (κ3) is 9.07. The van der Waals surface area contributed by atoms with Crippen molar-refractivity contribution in [1.82, 2.24) is 5.32 Å². The molecule has 0 aliphatic carbocycles. The van der Waals surface area contributed by atoms with Gasteiger partial charge < -0.3 is 10.4 Å². The number of nitrogens with one attached hydrogen (secondary N) is 1. The highest BCUT2D eigenvalue weighted by atomic mass is 28.3. The molecule has 13 heavy (non-hydrogen) atoms. The molecule has 0 bridgehead atoms. The van der Waals surface area contributed by atoms with Gasteiger partial charge in [-0.05, 0) is 6.42 Å². The third-order valence-corrected chi connectivity index (χ3v) is 3.16. The van der Waals surface area contributed by atoms with Gasteiger partial charge in [-0.15, -0.1) is 0 Å². The fourth-order valence-corrected chi connectivity index (χ4v) is 1.96. The number of rotatable bonds is 6. The van der Waals surface area contributed by atoms with Gasteiger partial charge in [0.1, 0.15) is 6.42 Å². The van der Waals surface area contributed by atoms with Crippen molar-refractivity contribution >= 4 is 20.7 Å². The van der Waals surface area contributed by atoms with E-state index in [1.165, 1.54) is 6.04 Å². The van der Waals surface area contributed by atoms with Crippen LogP contribution in [0.5, 0.6) is 0 Å². The standard InChI is InChI=1S/C8H17NO3Si/c1-13(2)5-3-4-9-7(10)6-8(11)12/h13H,3-6H2,1-2H3,(H,9,10)(H,11,12). The first-order valence-electron chi connectivity index (χ1n) is 4.51. The van der Waals surface area contributed by atoms with Crippen LogP contribution in [-0.2, 0) is 9.59 Å². The van der Waals surface area contributed by atoms with E-state index >= 15 is 0 Å². The fourth-order valence-electron chi connectivity index (χ4n) is 0.938. The van der Waals surface area contributed by atoms with Gasteiger partial charge in [0, 0.05) is 15.3 Å². The van der Waals surface area contributed by atoms with Gasteiger partial charge >= 0.3 is 5.97 Å². The Kier molecular flexibility index (Phi) is 6.22. The minimum Gasteiger partial charge on any atom is -0.481 e. The monoisotopic (exact) mass is 203 g/mol. The summed E-state index contributed by atoms with van der Waals surface area (Å²) in [6.07, 6.45) is 0.550. The number of aliphatic carboxylic acids is 1. The molecule has 5 heteroatoms. The Morgan fingerprint density at radius 3 is 2.46 bits per heavy atom. The minimum absolute atomic E-state index is 0.391. The molecule has 0 rings (SSSR count). The van der Waals surface area contributed by atoms with Crippen molar-refractivity contribution in [1.29, 1.82) is 0 Å². The zero-order valence-corrected chi connectivity index (χ0v) is 9.32. The van der Waals surface area contributed by atoms with E-state index in [0.29, 0.717) is 6.54 Å². The van der Waals surface area contributed by atoms with Gasteiger partial charge in [-0.2, -0.15) is 0 Å². The number of carboxylic acid groups (broad SMARTS) is 1. The van der Waals surface area contributed by atoms with Crippen LogP contribution in [0.15, 0.2) is 0 Å². The second kappa shape index (κ2) is 6.65. The van der Waals surface area contributed by atoms with Crippen LogP contribution in [0.3, 0.4) is 0 Å². The fraction of sp³-hybridized carbons (Fsp3) is 0.750. The lowest BCUT2D eigenvalue weighted by atomic mass is 10.4. The molecule has 0 heterocycles. The zero-order chi connectivity index (χ0) is 10.3.